The monoisotopic (exact) mass is 346 g/mol. The molecule has 0 radical (unpaired) electrons. The Morgan fingerprint density at radius 1 is 1.12 bits per heavy atom. The lowest BCUT2D eigenvalue weighted by Crippen LogP contribution is -2.33. The van der Waals surface area contributed by atoms with Gasteiger partial charge in [-0.25, -0.2) is 0 Å². The molecule has 2 aromatic carbocycles. The molecule has 0 bridgehead atoms. The molecular formula is C19H23ClN2O2. The summed E-state index contributed by atoms with van der Waals surface area (Å²) in [6.07, 6.45) is 1.50. The smallest absolute Gasteiger partial charge is 0.119 e. The van der Waals surface area contributed by atoms with E-state index in [4.69, 9.17) is 4.74 Å². The molecule has 2 N–H and O–H groups in total. The van der Waals surface area contributed by atoms with Gasteiger partial charge in [0.15, 0.2) is 0 Å². The third-order valence-corrected chi connectivity index (χ3v) is 4.15. The van der Waals surface area contributed by atoms with Crippen LogP contribution in [0.1, 0.15) is 11.6 Å². The topological polar surface area (TPSA) is 46.4 Å². The van der Waals surface area contributed by atoms with Crippen LogP contribution >= 0.6 is 12.4 Å². The lowest BCUT2D eigenvalue weighted by molar-refractivity contribution is 0.132. The predicted molar refractivity (Wildman–Crippen MR) is 100 cm³/mol. The van der Waals surface area contributed by atoms with Gasteiger partial charge in [-0.15, -0.1) is 12.4 Å². The third kappa shape index (κ3) is 3.56. The first kappa shape index (κ1) is 18.3. The number of ether oxygens (including phenoxy) is 1. The van der Waals surface area contributed by atoms with E-state index in [0.29, 0.717) is 6.54 Å². The van der Waals surface area contributed by atoms with Crippen molar-refractivity contribution in [2.24, 2.45) is 0 Å². The first-order valence-corrected chi connectivity index (χ1v) is 7.77. The van der Waals surface area contributed by atoms with Crippen LogP contribution in [-0.4, -0.2) is 36.5 Å². The largest absolute Gasteiger partial charge is 0.497 e. The summed E-state index contributed by atoms with van der Waals surface area (Å²) in [7, 11) is 3.52. The van der Waals surface area contributed by atoms with Gasteiger partial charge >= 0.3 is 0 Å². The maximum absolute atomic E-state index is 10.7. The van der Waals surface area contributed by atoms with Gasteiger partial charge in [-0.3, -0.25) is 0 Å². The molecule has 0 amide bonds. The zero-order chi connectivity index (χ0) is 16.2. The van der Waals surface area contributed by atoms with E-state index < -0.39 is 6.10 Å². The summed E-state index contributed by atoms with van der Waals surface area (Å²) in [5, 5.41) is 14.8. The lowest BCUT2D eigenvalue weighted by Gasteiger charge is -2.26. The number of benzene rings is 2. The van der Waals surface area contributed by atoms with Crippen molar-refractivity contribution < 1.29 is 9.84 Å². The molecule has 2 atom stereocenters. The molecule has 1 aromatic heterocycles. The van der Waals surface area contributed by atoms with Gasteiger partial charge in [-0.1, -0.05) is 30.3 Å². The average Bonchev–Trinajstić information content (AvgIpc) is 2.99. The number of nitrogens with one attached hydrogen (secondary N) is 1. The van der Waals surface area contributed by atoms with Crippen LogP contribution in [0.4, 0.5) is 0 Å². The van der Waals surface area contributed by atoms with Gasteiger partial charge in [-0.05, 0) is 36.9 Å². The van der Waals surface area contributed by atoms with Crippen molar-refractivity contribution in [3.8, 4) is 5.75 Å². The van der Waals surface area contributed by atoms with E-state index in [1.54, 1.807) is 7.11 Å². The van der Waals surface area contributed by atoms with Crippen molar-refractivity contribution in [2.75, 3.05) is 20.7 Å². The molecule has 0 fully saturated rings. The molecule has 0 spiro atoms. The standard InChI is InChI=1S/C19H22N2O2.ClH/c1-20-13-18(22)19(14-6-4-3-5-7-14)21-11-10-15-12-16(23-2)8-9-17(15)21;/h3-12,18-20,22H,13H2,1-2H3;1H. The normalized spacial score (nSPS) is 13.3. The molecule has 5 heteroatoms. The van der Waals surface area contributed by atoms with Crippen LogP contribution in [-0.2, 0) is 0 Å². The van der Waals surface area contributed by atoms with Crippen molar-refractivity contribution in [1.82, 2.24) is 9.88 Å². The van der Waals surface area contributed by atoms with E-state index in [9.17, 15) is 5.11 Å². The van der Waals surface area contributed by atoms with Gasteiger partial charge in [0.1, 0.15) is 5.75 Å². The van der Waals surface area contributed by atoms with Crippen LogP contribution in [0.5, 0.6) is 5.75 Å². The van der Waals surface area contributed by atoms with Crippen molar-refractivity contribution in [1.29, 1.82) is 0 Å². The fraction of sp³-hybridized carbons (Fsp3) is 0.263. The second kappa shape index (κ2) is 8.20. The second-order valence-corrected chi connectivity index (χ2v) is 5.63. The lowest BCUT2D eigenvalue weighted by atomic mass is 10.0. The minimum absolute atomic E-state index is 0. The molecule has 128 valence electrons. The van der Waals surface area contributed by atoms with Gasteiger partial charge < -0.3 is 19.7 Å². The maximum Gasteiger partial charge on any atom is 0.119 e. The van der Waals surface area contributed by atoms with Crippen LogP contribution in [0.25, 0.3) is 10.9 Å². The number of likely N-dealkylation sites (N-methyl/N-ethyl adjacent to an activating group) is 1. The predicted octanol–water partition coefficient (Wildman–Crippen LogP) is 3.24. The molecule has 0 aliphatic rings. The Hall–Kier alpha value is -2.01. The molecule has 0 saturated heterocycles. The Kier molecular flexibility index (Phi) is 6.26. The third-order valence-electron chi connectivity index (χ3n) is 4.15. The fourth-order valence-electron chi connectivity index (χ4n) is 3.05. The van der Waals surface area contributed by atoms with Gasteiger partial charge in [0.05, 0.1) is 19.3 Å². The van der Waals surface area contributed by atoms with Gasteiger partial charge in [0.25, 0.3) is 0 Å². The molecule has 0 aliphatic carbocycles. The Morgan fingerprint density at radius 3 is 2.54 bits per heavy atom. The second-order valence-electron chi connectivity index (χ2n) is 5.63. The number of hydrogen-bond donors (Lipinski definition) is 2. The van der Waals surface area contributed by atoms with Gasteiger partial charge in [-0.2, -0.15) is 0 Å². The maximum atomic E-state index is 10.7. The zero-order valence-electron chi connectivity index (χ0n) is 13.8. The van der Waals surface area contributed by atoms with Crippen LogP contribution in [0.3, 0.4) is 0 Å². The summed E-state index contributed by atoms with van der Waals surface area (Å²) >= 11 is 0. The number of aliphatic hydroxyl groups excluding tert-OH is 1. The van der Waals surface area contributed by atoms with Crippen molar-refractivity contribution in [2.45, 2.75) is 12.1 Å². The summed E-state index contributed by atoms with van der Waals surface area (Å²) < 4.78 is 7.43. The van der Waals surface area contributed by atoms with E-state index in [0.717, 1.165) is 22.2 Å². The summed E-state index contributed by atoms with van der Waals surface area (Å²) in [6.45, 7) is 0.523. The van der Waals surface area contributed by atoms with Crippen LogP contribution in [0.2, 0.25) is 0 Å². The summed E-state index contributed by atoms with van der Waals surface area (Å²) in [6, 6.07) is 18.0. The summed E-state index contributed by atoms with van der Waals surface area (Å²) in [5.74, 6) is 0.835. The van der Waals surface area contributed by atoms with E-state index in [1.807, 2.05) is 49.6 Å². The number of hydrogen-bond acceptors (Lipinski definition) is 3. The van der Waals surface area contributed by atoms with E-state index >= 15 is 0 Å². The zero-order valence-corrected chi connectivity index (χ0v) is 14.7. The Morgan fingerprint density at radius 2 is 1.88 bits per heavy atom. The molecule has 4 nitrogen and oxygen atoms in total. The summed E-state index contributed by atoms with van der Waals surface area (Å²) in [4.78, 5) is 0. The molecule has 3 rings (SSSR count). The number of rotatable bonds is 6. The first-order chi connectivity index (χ1) is 11.2. The molecule has 0 aliphatic heterocycles. The van der Waals surface area contributed by atoms with E-state index in [2.05, 4.69) is 28.1 Å². The number of aliphatic hydroxyl groups is 1. The summed E-state index contributed by atoms with van der Waals surface area (Å²) in [5.41, 5.74) is 2.17. The molecule has 2 unspecified atom stereocenters. The number of nitrogens with zero attached hydrogens (tertiary/aromatic N) is 1. The highest BCUT2D eigenvalue weighted by molar-refractivity contribution is 5.85. The number of fused-ring (bicyclic) bond motifs is 1. The molecule has 0 saturated carbocycles. The Labute approximate surface area is 148 Å². The minimum atomic E-state index is -0.528. The number of halogens is 1. The highest BCUT2D eigenvalue weighted by Gasteiger charge is 2.23. The van der Waals surface area contributed by atoms with Crippen LogP contribution < -0.4 is 10.1 Å². The van der Waals surface area contributed by atoms with E-state index in [1.165, 1.54) is 0 Å². The van der Waals surface area contributed by atoms with Gasteiger partial charge in [0.2, 0.25) is 0 Å². The number of methoxy groups -OCH3 is 1. The first-order valence-electron chi connectivity index (χ1n) is 7.77. The van der Waals surface area contributed by atoms with Crippen LogP contribution in [0.15, 0.2) is 60.8 Å². The minimum Gasteiger partial charge on any atom is -0.497 e. The quantitative estimate of drug-likeness (QED) is 0.720. The molecule has 1 heterocycles. The molecule has 3 aromatic rings. The van der Waals surface area contributed by atoms with Crippen molar-refractivity contribution >= 4 is 23.3 Å². The van der Waals surface area contributed by atoms with Crippen molar-refractivity contribution in [3.05, 3.63) is 66.4 Å². The molecule has 24 heavy (non-hydrogen) atoms. The highest BCUT2D eigenvalue weighted by Crippen LogP contribution is 2.29. The average molecular weight is 347 g/mol. The van der Waals surface area contributed by atoms with Crippen LogP contribution in [0, 0.1) is 0 Å². The van der Waals surface area contributed by atoms with E-state index in [-0.39, 0.29) is 18.4 Å². The van der Waals surface area contributed by atoms with Gasteiger partial charge in [0, 0.05) is 23.6 Å². The SMILES string of the molecule is CNCC(O)C(c1ccccc1)n1ccc2cc(OC)ccc21.Cl. The fourth-order valence-corrected chi connectivity index (χ4v) is 3.05. The Balaban J connectivity index is 0.00000208. The van der Waals surface area contributed by atoms with Crippen molar-refractivity contribution in [3.63, 3.8) is 0 Å². The molecular weight excluding hydrogens is 324 g/mol. The highest BCUT2D eigenvalue weighted by atomic mass is 35.5. The Bertz CT molecular complexity index is 773. The number of aromatic nitrogens is 1.